The van der Waals surface area contributed by atoms with Crippen molar-refractivity contribution >= 4 is 67.4 Å². The minimum absolute atomic E-state index is 0.00187. The van der Waals surface area contributed by atoms with Crippen LogP contribution in [-0.4, -0.2) is 99.4 Å². The number of sulfonamides is 1. The zero-order valence-electron chi connectivity index (χ0n) is 25.8. The monoisotopic (exact) mass is 720 g/mol. The average Bonchev–Trinajstić information content (AvgIpc) is 3.67. The molecule has 48 heavy (non-hydrogen) atoms. The van der Waals surface area contributed by atoms with Crippen LogP contribution in [0.3, 0.4) is 0 Å². The fourth-order valence-corrected chi connectivity index (χ4v) is 8.38. The molecule has 0 bridgehead atoms. The molecule has 2 fully saturated rings. The van der Waals surface area contributed by atoms with Crippen LogP contribution in [0.25, 0.3) is 22.3 Å². The molecule has 14 nitrogen and oxygen atoms in total. The lowest BCUT2D eigenvalue weighted by Crippen LogP contribution is -2.49. The normalized spacial score (nSPS) is 19.2. The van der Waals surface area contributed by atoms with Crippen LogP contribution in [0, 0.1) is 5.82 Å². The number of halogens is 2. The first-order chi connectivity index (χ1) is 22.8. The first-order valence-electron chi connectivity index (χ1n) is 15.0. The van der Waals surface area contributed by atoms with Gasteiger partial charge in [0.15, 0.2) is 5.65 Å². The van der Waals surface area contributed by atoms with Gasteiger partial charge in [-0.25, -0.2) is 37.0 Å². The van der Waals surface area contributed by atoms with Crippen LogP contribution in [0.4, 0.5) is 15.9 Å². The molecule has 256 valence electrons. The van der Waals surface area contributed by atoms with Crippen molar-refractivity contribution in [2.75, 3.05) is 43.7 Å². The Balaban J connectivity index is 0.000000503. The van der Waals surface area contributed by atoms with Crippen LogP contribution in [0.1, 0.15) is 31.7 Å². The lowest BCUT2D eigenvalue weighted by molar-refractivity contribution is -0.134. The molecule has 6 rings (SSSR count). The number of thiophene rings is 1. The third kappa shape index (κ3) is 8.27. The predicted octanol–water partition coefficient (Wildman–Crippen LogP) is 4.17. The highest BCUT2D eigenvalue weighted by Crippen LogP contribution is 2.38. The number of aliphatic carboxylic acids is 2. The Morgan fingerprint density at radius 2 is 1.67 bits per heavy atom. The van der Waals surface area contributed by atoms with E-state index in [1.807, 2.05) is 4.68 Å². The summed E-state index contributed by atoms with van der Waals surface area (Å²) in [5, 5.41) is 21.1. The molecule has 4 aromatic rings. The van der Waals surface area contributed by atoms with Crippen molar-refractivity contribution in [3.63, 3.8) is 0 Å². The molecule has 5 N–H and O–H groups in total. The first-order valence-corrected chi connectivity index (χ1v) is 17.6. The number of nitrogens with zero attached hydrogens (tertiary/aromatic N) is 6. The number of hydrogen-bond acceptors (Lipinski definition) is 11. The molecular weight excluding hydrogens is 687 g/mol. The summed E-state index contributed by atoms with van der Waals surface area (Å²) in [5.41, 5.74) is 7.63. The number of nitrogens with two attached hydrogens (primary N) is 1. The van der Waals surface area contributed by atoms with E-state index in [9.17, 15) is 18.0 Å². The molecule has 0 radical (unpaired) electrons. The van der Waals surface area contributed by atoms with Gasteiger partial charge in [0.05, 0.1) is 21.5 Å². The molecule has 0 spiro atoms. The fraction of sp³-hybridized carbons (Fsp3) is 0.367. The van der Waals surface area contributed by atoms with Gasteiger partial charge in [-0.15, -0.1) is 11.3 Å². The van der Waals surface area contributed by atoms with Crippen LogP contribution in [-0.2, 0) is 19.6 Å². The van der Waals surface area contributed by atoms with Crippen molar-refractivity contribution in [1.29, 1.82) is 0 Å². The zero-order chi connectivity index (χ0) is 34.6. The number of fused-ring (bicyclic) bond motifs is 1. The van der Waals surface area contributed by atoms with Crippen molar-refractivity contribution in [2.24, 2.45) is 0 Å². The maximum atomic E-state index is 15.2. The molecular formula is C30H34ClFN8O6S2. The quantitative estimate of drug-likeness (QED) is 0.190. The van der Waals surface area contributed by atoms with E-state index in [1.54, 1.807) is 6.07 Å². The molecule has 4 heterocycles. The molecule has 1 aromatic carbocycles. The number of nitrogens with one attached hydrogen (secondary N) is 1. The largest absolute Gasteiger partial charge is 0.478 e. The van der Waals surface area contributed by atoms with Gasteiger partial charge in [-0.3, -0.25) is 9.62 Å². The van der Waals surface area contributed by atoms with Crippen molar-refractivity contribution in [3.05, 3.63) is 59.0 Å². The Labute approximate surface area is 284 Å². The highest BCUT2D eigenvalue weighted by atomic mass is 35.5. The number of likely N-dealkylation sites (N-methyl/N-ethyl adjacent to an activating group) is 1. The van der Waals surface area contributed by atoms with E-state index < -0.39 is 27.8 Å². The Morgan fingerprint density at radius 1 is 1.02 bits per heavy atom. The molecule has 18 heteroatoms. The molecule has 1 saturated heterocycles. The standard InChI is InChI=1S/C26H30ClFN8O2S2.C4H4O4/c1-34-10-12-35(13-11-34)17-3-5-18(6-4-17)36-26-23(25(29)30-15-31-26)24(32-36)16-2-7-20(19(28)14-16)33-40(37,38)22-9-8-21(27)39-22;5-3(6)1-2-4(7)8/h2,7-9,14-15,17-18,33H,3-6,10-13H2,1H3,(H2,29,30,31);1-2H,(H,5,6)(H,7,8). The summed E-state index contributed by atoms with van der Waals surface area (Å²) in [4.78, 5) is 32.7. The van der Waals surface area contributed by atoms with Crippen molar-refractivity contribution in [3.8, 4) is 11.3 Å². The Bertz CT molecular complexity index is 1920. The highest BCUT2D eigenvalue weighted by molar-refractivity contribution is 7.94. The van der Waals surface area contributed by atoms with Gasteiger partial charge in [-0.1, -0.05) is 17.7 Å². The summed E-state index contributed by atoms with van der Waals surface area (Å²) in [7, 11) is -1.81. The number of rotatable bonds is 8. The lowest BCUT2D eigenvalue weighted by Gasteiger charge is -2.41. The van der Waals surface area contributed by atoms with E-state index >= 15 is 4.39 Å². The number of aromatic nitrogens is 4. The van der Waals surface area contributed by atoms with Crippen LogP contribution in [0.15, 0.2) is 53.0 Å². The number of piperazine rings is 1. The van der Waals surface area contributed by atoms with Crippen molar-refractivity contribution < 1.29 is 32.6 Å². The van der Waals surface area contributed by atoms with E-state index in [0.717, 1.165) is 63.2 Å². The molecule has 3 aromatic heterocycles. The molecule has 0 amide bonds. The van der Waals surface area contributed by atoms with E-state index in [0.29, 0.717) is 44.8 Å². The molecule has 0 unspecified atom stereocenters. The SMILES string of the molecule is CN1CCN(C2CCC(n3nc(-c4ccc(NS(=O)(=O)c5ccc(Cl)s5)c(F)c4)c4c(N)ncnc43)CC2)CC1.O=C(O)C=CC(=O)O. The Morgan fingerprint density at radius 3 is 2.25 bits per heavy atom. The molecule has 1 aliphatic heterocycles. The lowest BCUT2D eigenvalue weighted by atomic mass is 9.90. The second-order valence-electron chi connectivity index (χ2n) is 11.4. The van der Waals surface area contributed by atoms with Crippen LogP contribution in [0.5, 0.6) is 0 Å². The van der Waals surface area contributed by atoms with Gasteiger partial charge >= 0.3 is 11.9 Å². The predicted molar refractivity (Wildman–Crippen MR) is 180 cm³/mol. The van der Waals surface area contributed by atoms with E-state index in [-0.39, 0.29) is 21.8 Å². The minimum Gasteiger partial charge on any atom is -0.478 e. The number of hydrogen-bond donors (Lipinski definition) is 4. The van der Waals surface area contributed by atoms with Gasteiger partial charge < -0.3 is 20.8 Å². The summed E-state index contributed by atoms with van der Waals surface area (Å²) in [6.07, 6.45) is 6.60. The summed E-state index contributed by atoms with van der Waals surface area (Å²) < 4.78 is 45.1. The number of carboxylic acids is 2. The second kappa shape index (κ2) is 14.9. The Kier molecular flexibility index (Phi) is 10.9. The maximum Gasteiger partial charge on any atom is 0.328 e. The van der Waals surface area contributed by atoms with Gasteiger partial charge in [-0.2, -0.15) is 5.10 Å². The third-order valence-corrected chi connectivity index (χ3v) is 11.3. The maximum absolute atomic E-state index is 15.2. The number of carboxylic acid groups (broad SMARTS) is 2. The summed E-state index contributed by atoms with van der Waals surface area (Å²) in [6, 6.07) is 7.82. The molecule has 1 aliphatic carbocycles. The highest BCUT2D eigenvalue weighted by Gasteiger charge is 2.31. The van der Waals surface area contributed by atoms with E-state index in [4.69, 9.17) is 32.6 Å². The fourth-order valence-electron chi connectivity index (χ4n) is 5.83. The Hall–Kier alpha value is -4.16. The summed E-state index contributed by atoms with van der Waals surface area (Å²) in [5.74, 6) is -2.99. The van der Waals surface area contributed by atoms with E-state index in [2.05, 4.69) is 31.5 Å². The van der Waals surface area contributed by atoms with E-state index in [1.165, 1.54) is 30.6 Å². The average molecular weight is 721 g/mol. The summed E-state index contributed by atoms with van der Waals surface area (Å²) >= 11 is 6.77. The molecule has 2 aliphatic rings. The third-order valence-electron chi connectivity index (χ3n) is 8.25. The van der Waals surface area contributed by atoms with Crippen molar-refractivity contribution in [2.45, 2.75) is 42.0 Å². The van der Waals surface area contributed by atoms with Crippen LogP contribution < -0.4 is 10.5 Å². The van der Waals surface area contributed by atoms with Gasteiger partial charge in [0.25, 0.3) is 10.0 Å². The van der Waals surface area contributed by atoms with Crippen LogP contribution >= 0.6 is 22.9 Å². The number of carbonyl (C=O) groups is 2. The topological polar surface area (TPSA) is 197 Å². The van der Waals surface area contributed by atoms with Crippen LogP contribution in [0.2, 0.25) is 4.34 Å². The second-order valence-corrected chi connectivity index (χ2v) is 15.0. The van der Waals surface area contributed by atoms with Gasteiger partial charge in [0.1, 0.15) is 27.9 Å². The molecule has 0 atom stereocenters. The summed E-state index contributed by atoms with van der Waals surface area (Å²) in [6.45, 7) is 4.40. The van der Waals surface area contributed by atoms with Gasteiger partial charge in [-0.05, 0) is 57.0 Å². The first kappa shape index (κ1) is 35.2. The minimum atomic E-state index is -3.98. The zero-order valence-corrected chi connectivity index (χ0v) is 28.2. The number of anilines is 2. The molecule has 1 saturated carbocycles. The smallest absolute Gasteiger partial charge is 0.328 e. The van der Waals surface area contributed by atoms with Crippen molar-refractivity contribution in [1.82, 2.24) is 29.5 Å². The number of benzene rings is 1. The van der Waals surface area contributed by atoms with Gasteiger partial charge in [0, 0.05) is 49.9 Å². The van der Waals surface area contributed by atoms with Gasteiger partial charge in [0.2, 0.25) is 0 Å². The number of nitrogen functional groups attached to an aromatic ring is 1.